The summed E-state index contributed by atoms with van der Waals surface area (Å²) in [6.45, 7) is 5.27. The van der Waals surface area contributed by atoms with Crippen LogP contribution >= 0.6 is 12.4 Å². The van der Waals surface area contributed by atoms with Crippen molar-refractivity contribution >= 4 is 18.3 Å². The lowest BCUT2D eigenvalue weighted by molar-refractivity contribution is -0.120. The van der Waals surface area contributed by atoms with Crippen LogP contribution in [0.15, 0.2) is 18.2 Å². The molecule has 17 heavy (non-hydrogen) atoms. The van der Waals surface area contributed by atoms with Crippen LogP contribution in [0.1, 0.15) is 23.1 Å². The maximum absolute atomic E-state index is 11.2. The van der Waals surface area contributed by atoms with Gasteiger partial charge in [0.2, 0.25) is 5.91 Å². The third-order valence-corrected chi connectivity index (χ3v) is 2.39. The highest BCUT2D eigenvalue weighted by Gasteiger charge is 1.99. The van der Waals surface area contributed by atoms with Crippen LogP contribution < -0.4 is 11.1 Å². The van der Waals surface area contributed by atoms with Gasteiger partial charge < -0.3 is 11.1 Å². The number of carbonyl (C=O) groups is 1. The minimum absolute atomic E-state index is 0. The fraction of sp³-hybridized carbons (Fsp3) is 0.462. The number of aryl methyl sites for hydroxylation is 2. The molecule has 0 aliphatic heterocycles. The lowest BCUT2D eigenvalue weighted by Gasteiger charge is -2.06. The number of hydrogen-bond donors (Lipinski definition) is 2. The van der Waals surface area contributed by atoms with Gasteiger partial charge in [0, 0.05) is 19.5 Å². The Kier molecular flexibility index (Phi) is 7.59. The van der Waals surface area contributed by atoms with E-state index in [1.54, 1.807) is 0 Å². The predicted molar refractivity (Wildman–Crippen MR) is 73.5 cm³/mol. The standard InChI is InChI=1S/C13H20N2O.ClH/c1-10-7-11(2)9-12(8-10)4-6-15-13(16)3-5-14;/h7-9H,3-6,14H2,1-2H3,(H,15,16);1H. The van der Waals surface area contributed by atoms with Crippen molar-refractivity contribution in [2.24, 2.45) is 5.73 Å². The van der Waals surface area contributed by atoms with Crippen LogP contribution in [0.2, 0.25) is 0 Å². The zero-order valence-corrected chi connectivity index (χ0v) is 11.3. The Labute approximate surface area is 109 Å². The van der Waals surface area contributed by atoms with E-state index in [0.717, 1.165) is 6.42 Å². The van der Waals surface area contributed by atoms with Crippen LogP contribution in [0.4, 0.5) is 0 Å². The molecular formula is C13H21ClN2O. The molecule has 3 N–H and O–H groups in total. The molecule has 0 saturated heterocycles. The van der Waals surface area contributed by atoms with Gasteiger partial charge in [-0.3, -0.25) is 4.79 Å². The number of nitrogens with one attached hydrogen (secondary N) is 1. The summed E-state index contributed by atoms with van der Waals surface area (Å²) >= 11 is 0. The Bertz CT molecular complexity index is 346. The first kappa shape index (κ1) is 15.9. The number of benzene rings is 1. The maximum Gasteiger partial charge on any atom is 0.221 e. The highest BCUT2D eigenvalue weighted by Crippen LogP contribution is 2.08. The molecule has 96 valence electrons. The summed E-state index contributed by atoms with van der Waals surface area (Å²) < 4.78 is 0. The molecule has 1 aromatic carbocycles. The largest absolute Gasteiger partial charge is 0.356 e. The average molecular weight is 257 g/mol. The van der Waals surface area contributed by atoms with E-state index in [2.05, 4.69) is 37.4 Å². The molecule has 0 heterocycles. The summed E-state index contributed by atoms with van der Waals surface area (Å²) in [6.07, 6.45) is 1.28. The molecule has 0 unspecified atom stereocenters. The number of halogens is 1. The minimum atomic E-state index is 0. The molecule has 0 atom stereocenters. The molecule has 1 amide bonds. The van der Waals surface area contributed by atoms with Crippen LogP contribution in [0.25, 0.3) is 0 Å². The van der Waals surface area contributed by atoms with E-state index in [9.17, 15) is 4.79 Å². The highest BCUT2D eigenvalue weighted by atomic mass is 35.5. The van der Waals surface area contributed by atoms with Gasteiger partial charge in [-0.1, -0.05) is 29.3 Å². The predicted octanol–water partition coefficient (Wildman–Crippen LogP) is 1.73. The van der Waals surface area contributed by atoms with Gasteiger partial charge in [-0.15, -0.1) is 12.4 Å². The quantitative estimate of drug-likeness (QED) is 0.843. The summed E-state index contributed by atoms with van der Waals surface area (Å²) in [5.41, 5.74) is 9.09. The number of hydrogen-bond acceptors (Lipinski definition) is 2. The Morgan fingerprint density at radius 2 is 1.82 bits per heavy atom. The van der Waals surface area contributed by atoms with Crippen molar-refractivity contribution in [1.29, 1.82) is 0 Å². The first-order chi connectivity index (χ1) is 7.61. The van der Waals surface area contributed by atoms with Gasteiger partial charge in [0.25, 0.3) is 0 Å². The van der Waals surface area contributed by atoms with Crippen LogP contribution in [0.3, 0.4) is 0 Å². The SMILES string of the molecule is Cc1cc(C)cc(CCNC(=O)CCN)c1.Cl. The van der Waals surface area contributed by atoms with E-state index in [-0.39, 0.29) is 18.3 Å². The monoisotopic (exact) mass is 256 g/mol. The molecule has 0 spiro atoms. The third-order valence-electron chi connectivity index (χ3n) is 2.39. The summed E-state index contributed by atoms with van der Waals surface area (Å²) in [4.78, 5) is 11.2. The van der Waals surface area contributed by atoms with Gasteiger partial charge in [0.05, 0.1) is 0 Å². The van der Waals surface area contributed by atoms with Crippen molar-refractivity contribution in [3.8, 4) is 0 Å². The number of amides is 1. The zero-order chi connectivity index (χ0) is 12.0. The van der Waals surface area contributed by atoms with Gasteiger partial charge in [-0.2, -0.15) is 0 Å². The van der Waals surface area contributed by atoms with Gasteiger partial charge in [0.15, 0.2) is 0 Å². The smallest absolute Gasteiger partial charge is 0.221 e. The van der Waals surface area contributed by atoms with Crippen LogP contribution in [0, 0.1) is 13.8 Å². The second-order valence-corrected chi connectivity index (χ2v) is 4.13. The van der Waals surface area contributed by atoms with Crippen LogP contribution in [-0.4, -0.2) is 19.0 Å². The number of rotatable bonds is 5. The number of nitrogens with two attached hydrogens (primary N) is 1. The second-order valence-electron chi connectivity index (χ2n) is 4.13. The Hall–Kier alpha value is -1.06. The molecule has 0 bridgehead atoms. The molecule has 0 aliphatic rings. The second kappa shape index (κ2) is 8.09. The van der Waals surface area contributed by atoms with Gasteiger partial charge in [-0.05, 0) is 25.8 Å². The first-order valence-corrected chi connectivity index (χ1v) is 5.66. The lowest BCUT2D eigenvalue weighted by Crippen LogP contribution is -2.27. The molecule has 0 aliphatic carbocycles. The fourth-order valence-corrected chi connectivity index (χ4v) is 1.78. The molecule has 0 saturated carbocycles. The van der Waals surface area contributed by atoms with Crippen molar-refractivity contribution in [3.05, 3.63) is 34.9 Å². The van der Waals surface area contributed by atoms with Crippen molar-refractivity contribution in [3.63, 3.8) is 0 Å². The van der Waals surface area contributed by atoms with E-state index in [1.165, 1.54) is 16.7 Å². The maximum atomic E-state index is 11.2. The third kappa shape index (κ3) is 6.29. The van der Waals surface area contributed by atoms with Crippen molar-refractivity contribution < 1.29 is 4.79 Å². The van der Waals surface area contributed by atoms with E-state index >= 15 is 0 Å². The summed E-state index contributed by atoms with van der Waals surface area (Å²) in [6, 6.07) is 6.46. The highest BCUT2D eigenvalue weighted by molar-refractivity contribution is 5.85. The molecule has 1 rings (SSSR count). The molecule has 0 fully saturated rings. The van der Waals surface area contributed by atoms with Crippen molar-refractivity contribution in [2.45, 2.75) is 26.7 Å². The summed E-state index contributed by atoms with van der Waals surface area (Å²) in [5, 5.41) is 2.85. The van der Waals surface area contributed by atoms with E-state index in [4.69, 9.17) is 5.73 Å². The summed E-state index contributed by atoms with van der Waals surface area (Å²) in [7, 11) is 0. The average Bonchev–Trinajstić information content (AvgIpc) is 2.16. The Morgan fingerprint density at radius 3 is 2.35 bits per heavy atom. The zero-order valence-electron chi connectivity index (χ0n) is 10.5. The van der Waals surface area contributed by atoms with Crippen LogP contribution in [0.5, 0.6) is 0 Å². The van der Waals surface area contributed by atoms with Gasteiger partial charge >= 0.3 is 0 Å². The van der Waals surface area contributed by atoms with Crippen molar-refractivity contribution in [1.82, 2.24) is 5.32 Å². The van der Waals surface area contributed by atoms with E-state index < -0.39 is 0 Å². The Morgan fingerprint density at radius 1 is 1.24 bits per heavy atom. The van der Waals surface area contributed by atoms with Crippen molar-refractivity contribution in [2.75, 3.05) is 13.1 Å². The molecule has 0 radical (unpaired) electrons. The normalized spacial score (nSPS) is 9.59. The van der Waals surface area contributed by atoms with Gasteiger partial charge in [0.1, 0.15) is 0 Å². The molecule has 0 aromatic heterocycles. The van der Waals surface area contributed by atoms with E-state index in [0.29, 0.717) is 19.5 Å². The molecule has 1 aromatic rings. The first-order valence-electron chi connectivity index (χ1n) is 5.66. The van der Waals surface area contributed by atoms with Gasteiger partial charge in [-0.25, -0.2) is 0 Å². The summed E-state index contributed by atoms with van der Waals surface area (Å²) in [5.74, 6) is 0.0341. The fourth-order valence-electron chi connectivity index (χ4n) is 1.78. The number of carbonyl (C=O) groups excluding carboxylic acids is 1. The topological polar surface area (TPSA) is 55.1 Å². The molecule has 3 nitrogen and oxygen atoms in total. The molecule has 4 heteroatoms. The Balaban J connectivity index is 0.00000256. The van der Waals surface area contributed by atoms with E-state index in [1.807, 2.05) is 0 Å². The van der Waals surface area contributed by atoms with Crippen LogP contribution in [-0.2, 0) is 11.2 Å². The lowest BCUT2D eigenvalue weighted by atomic mass is 10.1. The molecular weight excluding hydrogens is 236 g/mol. The minimum Gasteiger partial charge on any atom is -0.356 e.